The molecule has 0 saturated heterocycles. The second-order valence-corrected chi connectivity index (χ2v) is 19.1. The summed E-state index contributed by atoms with van der Waals surface area (Å²) in [4.78, 5) is 38.1. The molecule has 0 aromatic carbocycles. The Morgan fingerprint density at radius 3 is 0.863 bits per heavy atom. The quantitative estimate of drug-likeness (QED) is 0.0261. The highest BCUT2D eigenvalue weighted by atomic mass is 16.6. The third kappa shape index (κ3) is 58.3. The van der Waals surface area contributed by atoms with E-state index in [1.165, 1.54) is 77.0 Å². The van der Waals surface area contributed by atoms with Crippen molar-refractivity contribution < 1.29 is 28.6 Å². The molecule has 0 aliphatic rings. The molecule has 0 radical (unpaired) electrons. The minimum absolute atomic E-state index is 0.109. The molecule has 412 valence electrons. The second kappa shape index (κ2) is 60.1. The number of hydrogen-bond donors (Lipinski definition) is 0. The van der Waals surface area contributed by atoms with E-state index in [9.17, 15) is 14.4 Å². The molecule has 0 heterocycles. The third-order valence-electron chi connectivity index (χ3n) is 12.2. The van der Waals surface area contributed by atoms with Crippen molar-refractivity contribution in [1.82, 2.24) is 0 Å². The summed E-state index contributed by atoms with van der Waals surface area (Å²) in [6, 6.07) is 0. The van der Waals surface area contributed by atoms with Crippen LogP contribution in [-0.4, -0.2) is 37.2 Å². The van der Waals surface area contributed by atoms with E-state index < -0.39 is 6.10 Å². The minimum atomic E-state index is -0.811. The number of allylic oxidation sites excluding steroid dienone is 22. The Hall–Kier alpha value is -4.45. The predicted octanol–water partition coefficient (Wildman–Crippen LogP) is 20.2. The molecule has 0 aromatic rings. The third-order valence-corrected chi connectivity index (χ3v) is 12.2. The highest BCUT2D eigenvalue weighted by molar-refractivity contribution is 5.71. The van der Waals surface area contributed by atoms with Crippen LogP contribution in [0.5, 0.6) is 0 Å². The van der Waals surface area contributed by atoms with Crippen molar-refractivity contribution in [2.24, 2.45) is 0 Å². The number of carbonyl (C=O) groups is 3. The lowest BCUT2D eigenvalue weighted by Gasteiger charge is -2.18. The largest absolute Gasteiger partial charge is 0.462 e. The SMILES string of the molecule is CC/C=C\C/C=C\C/C=C\C/C=C\C/C=C\C/C=C\C/C=C\C/C=C\CCCCC(=O)OCC(COC(=O)CCCCC/C=C\C/C=C\C/C=C\CC)OC(=O)CCCCCCCCCCCCCCCCC. The zero-order chi connectivity index (χ0) is 52.9. The molecule has 0 bridgehead atoms. The molecule has 0 aromatic heterocycles. The summed E-state index contributed by atoms with van der Waals surface area (Å²) in [5, 5.41) is 0. The monoisotopic (exact) mass is 1010 g/mol. The zero-order valence-electron chi connectivity index (χ0n) is 47.1. The molecule has 73 heavy (non-hydrogen) atoms. The molecule has 1 unspecified atom stereocenters. The number of rotatable bonds is 52. The minimum Gasteiger partial charge on any atom is -0.462 e. The number of ether oxygens (including phenoxy) is 3. The van der Waals surface area contributed by atoms with Crippen LogP contribution in [0, 0.1) is 0 Å². The van der Waals surface area contributed by atoms with Gasteiger partial charge < -0.3 is 14.2 Å². The van der Waals surface area contributed by atoms with Gasteiger partial charge >= 0.3 is 17.9 Å². The van der Waals surface area contributed by atoms with E-state index in [4.69, 9.17) is 14.2 Å². The summed E-state index contributed by atoms with van der Waals surface area (Å²) in [6.07, 6.45) is 84.5. The molecule has 0 spiro atoms. The van der Waals surface area contributed by atoms with E-state index in [0.717, 1.165) is 128 Å². The smallest absolute Gasteiger partial charge is 0.306 e. The van der Waals surface area contributed by atoms with Crippen molar-refractivity contribution in [2.75, 3.05) is 13.2 Å². The number of hydrogen-bond acceptors (Lipinski definition) is 6. The lowest BCUT2D eigenvalue weighted by Crippen LogP contribution is -2.30. The molecule has 0 N–H and O–H groups in total. The van der Waals surface area contributed by atoms with Crippen molar-refractivity contribution in [3.63, 3.8) is 0 Å². The van der Waals surface area contributed by atoms with Gasteiger partial charge in [0.15, 0.2) is 6.10 Å². The molecular formula is C67H108O6. The summed E-state index contributed by atoms with van der Waals surface area (Å²) in [6.45, 7) is 6.35. The van der Waals surface area contributed by atoms with Crippen LogP contribution in [0.25, 0.3) is 0 Å². The Balaban J connectivity index is 4.44. The van der Waals surface area contributed by atoms with Gasteiger partial charge in [-0.25, -0.2) is 0 Å². The Labute approximate surface area is 449 Å². The van der Waals surface area contributed by atoms with Crippen molar-refractivity contribution in [2.45, 2.75) is 258 Å². The average molecular weight is 1010 g/mol. The molecule has 1 atom stereocenters. The fourth-order valence-electron chi connectivity index (χ4n) is 7.77. The Morgan fingerprint density at radius 1 is 0.288 bits per heavy atom. The Morgan fingerprint density at radius 2 is 0.534 bits per heavy atom. The van der Waals surface area contributed by atoms with Gasteiger partial charge in [0, 0.05) is 19.3 Å². The van der Waals surface area contributed by atoms with E-state index in [2.05, 4.69) is 154 Å². The first-order chi connectivity index (χ1) is 36.0. The Kier molecular flexibility index (Phi) is 56.4. The van der Waals surface area contributed by atoms with Gasteiger partial charge in [-0.2, -0.15) is 0 Å². The molecule has 6 nitrogen and oxygen atoms in total. The van der Waals surface area contributed by atoms with Crippen LogP contribution in [0.3, 0.4) is 0 Å². The zero-order valence-corrected chi connectivity index (χ0v) is 47.1. The van der Waals surface area contributed by atoms with E-state index in [1.807, 2.05) is 0 Å². The van der Waals surface area contributed by atoms with E-state index in [1.54, 1.807) is 0 Å². The van der Waals surface area contributed by atoms with Crippen molar-refractivity contribution >= 4 is 17.9 Å². The maximum absolute atomic E-state index is 12.9. The number of esters is 3. The molecule has 0 aliphatic heterocycles. The summed E-state index contributed by atoms with van der Waals surface area (Å²) >= 11 is 0. The van der Waals surface area contributed by atoms with Crippen LogP contribution in [-0.2, 0) is 28.6 Å². The van der Waals surface area contributed by atoms with Gasteiger partial charge in [-0.1, -0.05) is 251 Å². The highest BCUT2D eigenvalue weighted by Gasteiger charge is 2.19. The van der Waals surface area contributed by atoms with Gasteiger partial charge in [0.25, 0.3) is 0 Å². The predicted molar refractivity (Wildman–Crippen MR) is 316 cm³/mol. The number of unbranched alkanes of at least 4 members (excludes halogenated alkanes) is 19. The summed E-state index contributed by atoms with van der Waals surface area (Å²) in [7, 11) is 0. The summed E-state index contributed by atoms with van der Waals surface area (Å²) < 4.78 is 16.8. The lowest BCUT2D eigenvalue weighted by molar-refractivity contribution is -0.167. The summed E-state index contributed by atoms with van der Waals surface area (Å²) in [5.41, 5.74) is 0. The van der Waals surface area contributed by atoms with Crippen LogP contribution < -0.4 is 0 Å². The van der Waals surface area contributed by atoms with Gasteiger partial charge in [-0.15, -0.1) is 0 Å². The van der Waals surface area contributed by atoms with Gasteiger partial charge in [0.2, 0.25) is 0 Å². The fraction of sp³-hybridized carbons (Fsp3) is 0.627. The molecular weight excluding hydrogens is 901 g/mol. The Bertz CT molecular complexity index is 1580. The molecule has 0 aliphatic carbocycles. The van der Waals surface area contributed by atoms with Crippen LogP contribution in [0.2, 0.25) is 0 Å². The molecule has 0 fully saturated rings. The maximum Gasteiger partial charge on any atom is 0.306 e. The van der Waals surface area contributed by atoms with Gasteiger partial charge in [0.1, 0.15) is 13.2 Å². The van der Waals surface area contributed by atoms with Crippen LogP contribution in [0.15, 0.2) is 134 Å². The van der Waals surface area contributed by atoms with Crippen molar-refractivity contribution in [3.05, 3.63) is 134 Å². The number of carbonyl (C=O) groups excluding carboxylic acids is 3. The maximum atomic E-state index is 12.9. The van der Waals surface area contributed by atoms with Crippen molar-refractivity contribution in [1.29, 1.82) is 0 Å². The molecule has 0 rings (SSSR count). The van der Waals surface area contributed by atoms with Crippen LogP contribution in [0.4, 0.5) is 0 Å². The highest BCUT2D eigenvalue weighted by Crippen LogP contribution is 2.15. The molecule has 6 heteroatoms. The normalized spacial score (nSPS) is 13.1. The average Bonchev–Trinajstić information content (AvgIpc) is 3.39. The van der Waals surface area contributed by atoms with Crippen LogP contribution in [0.1, 0.15) is 252 Å². The molecule has 0 amide bonds. The topological polar surface area (TPSA) is 78.9 Å². The van der Waals surface area contributed by atoms with E-state index >= 15 is 0 Å². The molecule has 0 saturated carbocycles. The standard InChI is InChI=1S/C67H108O6/c1-4-7-10-13-16-19-22-25-27-28-29-30-31-32-33-34-35-36-37-38-40-42-45-48-51-54-57-60-66(69)72-63-64(62-71-65(68)59-56-53-50-47-44-41-24-21-18-15-12-9-6-3)73-67(70)61-58-55-52-49-46-43-39-26-23-20-17-14-11-8-5-2/h7,9-10,12,16,18-19,21,25,27,29-30,32-33,35-36,38,40-41,44-45,48,64H,4-6,8,11,13-15,17,20,22-24,26,28,31,34,37,39,42-43,46-47,49-63H2,1-3H3/b10-7-,12-9-,19-16-,21-18-,27-25-,30-29-,33-32-,36-35-,40-38-,44-41-,48-45-. The van der Waals surface area contributed by atoms with Crippen molar-refractivity contribution in [3.8, 4) is 0 Å². The summed E-state index contributed by atoms with van der Waals surface area (Å²) in [5.74, 6) is -0.981. The van der Waals surface area contributed by atoms with E-state index in [-0.39, 0.29) is 31.1 Å². The first kappa shape index (κ1) is 68.6. The lowest BCUT2D eigenvalue weighted by atomic mass is 10.0. The van der Waals surface area contributed by atoms with E-state index in [0.29, 0.717) is 25.7 Å². The van der Waals surface area contributed by atoms with Gasteiger partial charge in [-0.05, 0) is 116 Å². The first-order valence-electron chi connectivity index (χ1n) is 29.7. The first-order valence-corrected chi connectivity index (χ1v) is 29.7. The van der Waals surface area contributed by atoms with Crippen LogP contribution >= 0.6 is 0 Å². The fourth-order valence-corrected chi connectivity index (χ4v) is 7.77. The van der Waals surface area contributed by atoms with Gasteiger partial charge in [0.05, 0.1) is 0 Å². The van der Waals surface area contributed by atoms with Gasteiger partial charge in [-0.3, -0.25) is 14.4 Å². The second-order valence-electron chi connectivity index (χ2n) is 19.1.